The van der Waals surface area contributed by atoms with E-state index in [-0.39, 0.29) is 17.4 Å². The Bertz CT molecular complexity index is 834. The first kappa shape index (κ1) is 18.2. The van der Waals surface area contributed by atoms with Crippen LogP contribution in [0.1, 0.15) is 48.2 Å². The summed E-state index contributed by atoms with van der Waals surface area (Å²) in [6.07, 6.45) is 3.51. The highest BCUT2D eigenvalue weighted by Crippen LogP contribution is 2.46. The summed E-state index contributed by atoms with van der Waals surface area (Å²) in [4.78, 5) is 14.6. The van der Waals surface area contributed by atoms with Crippen molar-refractivity contribution in [2.24, 2.45) is 0 Å². The number of likely N-dealkylation sites (tertiary alicyclic amines) is 1. The van der Waals surface area contributed by atoms with Gasteiger partial charge in [-0.2, -0.15) is 5.10 Å². The molecule has 1 aromatic carbocycles. The SMILES string of the molecule is Cc1cc(C)n(CCCC(=O)N2CCC3(CC2)c2ccccc2C[C@H]3O)n1. The summed E-state index contributed by atoms with van der Waals surface area (Å²) >= 11 is 0. The molecule has 1 N–H and O–H groups in total. The molecule has 144 valence electrons. The number of aryl methyl sites for hydroxylation is 3. The van der Waals surface area contributed by atoms with E-state index in [1.54, 1.807) is 0 Å². The first-order valence-electron chi connectivity index (χ1n) is 10.0. The smallest absolute Gasteiger partial charge is 0.222 e. The second-order valence-corrected chi connectivity index (χ2v) is 8.17. The maximum Gasteiger partial charge on any atom is 0.222 e. The molecular weight excluding hydrogens is 338 g/mol. The zero-order valence-corrected chi connectivity index (χ0v) is 16.3. The number of hydrogen-bond acceptors (Lipinski definition) is 3. The first-order valence-corrected chi connectivity index (χ1v) is 10.0. The molecule has 2 heterocycles. The molecule has 0 radical (unpaired) electrons. The van der Waals surface area contributed by atoms with Crippen LogP contribution in [0.25, 0.3) is 0 Å². The summed E-state index contributed by atoms with van der Waals surface area (Å²) in [5.74, 6) is 0.229. The summed E-state index contributed by atoms with van der Waals surface area (Å²) < 4.78 is 1.99. The molecular formula is C22H29N3O2. The number of carbonyl (C=O) groups excluding carboxylic acids is 1. The van der Waals surface area contributed by atoms with Gasteiger partial charge in [-0.05, 0) is 56.7 Å². The fraction of sp³-hybridized carbons (Fsp3) is 0.545. The van der Waals surface area contributed by atoms with Crippen molar-refractivity contribution in [2.75, 3.05) is 13.1 Å². The molecule has 0 unspecified atom stereocenters. The van der Waals surface area contributed by atoms with Gasteiger partial charge in [0, 0.05) is 37.2 Å². The molecule has 1 amide bonds. The van der Waals surface area contributed by atoms with Crippen LogP contribution in [-0.2, 0) is 23.2 Å². The molecule has 1 aliphatic carbocycles. The Morgan fingerprint density at radius 3 is 2.70 bits per heavy atom. The van der Waals surface area contributed by atoms with Gasteiger partial charge in [0.05, 0.1) is 11.8 Å². The van der Waals surface area contributed by atoms with Gasteiger partial charge in [-0.25, -0.2) is 0 Å². The topological polar surface area (TPSA) is 58.4 Å². The maximum atomic E-state index is 12.6. The van der Waals surface area contributed by atoms with E-state index in [1.807, 2.05) is 22.6 Å². The Balaban J connectivity index is 1.33. The first-order chi connectivity index (χ1) is 13.0. The van der Waals surface area contributed by atoms with Gasteiger partial charge in [-0.15, -0.1) is 0 Å². The van der Waals surface area contributed by atoms with Gasteiger partial charge in [0.25, 0.3) is 0 Å². The lowest BCUT2D eigenvalue weighted by molar-refractivity contribution is -0.133. The Morgan fingerprint density at radius 2 is 2.00 bits per heavy atom. The highest BCUT2D eigenvalue weighted by atomic mass is 16.3. The number of rotatable bonds is 4. The third-order valence-corrected chi connectivity index (χ3v) is 6.48. The fourth-order valence-electron chi connectivity index (χ4n) is 4.96. The Labute approximate surface area is 161 Å². The number of aliphatic hydroxyl groups excluding tert-OH is 1. The molecule has 5 nitrogen and oxygen atoms in total. The minimum Gasteiger partial charge on any atom is -0.392 e. The molecule has 1 aliphatic heterocycles. The second kappa shape index (κ2) is 7.12. The molecule has 1 atom stereocenters. The minimum atomic E-state index is -0.321. The standard InChI is InChI=1S/C22H29N3O2/c1-16-14-17(2)25(23-16)11-5-8-21(27)24-12-9-22(10-13-24)19-7-4-3-6-18(19)15-20(22)26/h3-4,6-7,14,20,26H,5,8-13,15H2,1-2H3/t20-/m1/s1. The lowest BCUT2D eigenvalue weighted by atomic mass is 9.72. The van der Waals surface area contributed by atoms with E-state index >= 15 is 0 Å². The number of benzene rings is 1. The van der Waals surface area contributed by atoms with Gasteiger partial charge < -0.3 is 10.0 Å². The Kier molecular flexibility index (Phi) is 4.81. The molecule has 27 heavy (non-hydrogen) atoms. The van der Waals surface area contributed by atoms with Gasteiger partial charge in [0.15, 0.2) is 0 Å². The van der Waals surface area contributed by atoms with E-state index in [1.165, 1.54) is 11.1 Å². The van der Waals surface area contributed by atoms with Crippen molar-refractivity contribution in [3.05, 3.63) is 52.8 Å². The lowest BCUT2D eigenvalue weighted by Gasteiger charge is -2.42. The Hall–Kier alpha value is -2.14. The number of aromatic nitrogens is 2. The van der Waals surface area contributed by atoms with Crippen LogP contribution in [0.4, 0.5) is 0 Å². The third-order valence-electron chi connectivity index (χ3n) is 6.48. The van der Waals surface area contributed by atoms with Crippen molar-refractivity contribution < 1.29 is 9.90 Å². The quantitative estimate of drug-likeness (QED) is 0.904. The van der Waals surface area contributed by atoms with Gasteiger partial charge >= 0.3 is 0 Å². The zero-order chi connectivity index (χ0) is 19.0. The van der Waals surface area contributed by atoms with Crippen LogP contribution in [0.15, 0.2) is 30.3 Å². The van der Waals surface area contributed by atoms with Crippen molar-refractivity contribution in [1.29, 1.82) is 0 Å². The molecule has 4 rings (SSSR count). The van der Waals surface area contributed by atoms with Crippen LogP contribution in [0.3, 0.4) is 0 Å². The van der Waals surface area contributed by atoms with Crippen LogP contribution in [0.2, 0.25) is 0 Å². The molecule has 1 fully saturated rings. The summed E-state index contributed by atoms with van der Waals surface area (Å²) in [6, 6.07) is 10.5. The number of aliphatic hydroxyl groups is 1. The van der Waals surface area contributed by atoms with Crippen LogP contribution in [0, 0.1) is 13.8 Å². The zero-order valence-electron chi connectivity index (χ0n) is 16.3. The van der Waals surface area contributed by atoms with Crippen molar-refractivity contribution in [1.82, 2.24) is 14.7 Å². The monoisotopic (exact) mass is 367 g/mol. The van der Waals surface area contributed by atoms with Gasteiger partial charge in [-0.3, -0.25) is 9.48 Å². The number of piperidine rings is 1. The van der Waals surface area contributed by atoms with E-state index < -0.39 is 0 Å². The minimum absolute atomic E-state index is 0.156. The van der Waals surface area contributed by atoms with Crippen molar-refractivity contribution in [2.45, 2.75) is 64.0 Å². The average molecular weight is 367 g/mol. The molecule has 1 aromatic heterocycles. The normalized spacial score (nSPS) is 20.9. The van der Waals surface area contributed by atoms with E-state index in [0.29, 0.717) is 6.42 Å². The summed E-state index contributed by atoms with van der Waals surface area (Å²) in [5.41, 5.74) is 4.59. The number of hydrogen-bond donors (Lipinski definition) is 1. The van der Waals surface area contributed by atoms with Crippen molar-refractivity contribution >= 4 is 5.91 Å². The fourth-order valence-corrected chi connectivity index (χ4v) is 4.96. The lowest BCUT2D eigenvalue weighted by Crippen LogP contribution is -2.49. The summed E-state index contributed by atoms with van der Waals surface area (Å²) in [5, 5.41) is 15.2. The highest BCUT2D eigenvalue weighted by molar-refractivity contribution is 5.76. The predicted molar refractivity (Wildman–Crippen MR) is 105 cm³/mol. The van der Waals surface area contributed by atoms with E-state index in [9.17, 15) is 9.90 Å². The average Bonchev–Trinajstić information content (AvgIpc) is 3.12. The molecule has 2 aromatic rings. The number of carbonyl (C=O) groups is 1. The van der Waals surface area contributed by atoms with Gasteiger partial charge in [0.1, 0.15) is 0 Å². The largest absolute Gasteiger partial charge is 0.392 e. The highest BCUT2D eigenvalue weighted by Gasteiger charge is 2.47. The predicted octanol–water partition coefficient (Wildman–Crippen LogP) is 2.76. The van der Waals surface area contributed by atoms with E-state index in [0.717, 1.165) is 56.7 Å². The van der Waals surface area contributed by atoms with Crippen LogP contribution in [0.5, 0.6) is 0 Å². The van der Waals surface area contributed by atoms with E-state index in [4.69, 9.17) is 0 Å². The molecule has 5 heteroatoms. The van der Waals surface area contributed by atoms with Crippen molar-refractivity contribution in [3.8, 4) is 0 Å². The van der Waals surface area contributed by atoms with E-state index in [2.05, 4.69) is 36.3 Å². The van der Waals surface area contributed by atoms with Crippen LogP contribution >= 0.6 is 0 Å². The molecule has 1 spiro atoms. The van der Waals surface area contributed by atoms with Crippen LogP contribution < -0.4 is 0 Å². The summed E-state index contributed by atoms with van der Waals surface area (Å²) in [6.45, 7) is 6.31. The second-order valence-electron chi connectivity index (χ2n) is 8.17. The van der Waals surface area contributed by atoms with Gasteiger partial charge in [0.2, 0.25) is 5.91 Å². The molecule has 2 aliphatic rings. The molecule has 0 saturated carbocycles. The maximum absolute atomic E-state index is 12.6. The van der Waals surface area contributed by atoms with Crippen molar-refractivity contribution in [3.63, 3.8) is 0 Å². The number of amides is 1. The Morgan fingerprint density at radius 1 is 1.26 bits per heavy atom. The third kappa shape index (κ3) is 3.29. The number of nitrogens with zero attached hydrogens (tertiary/aromatic N) is 3. The van der Waals surface area contributed by atoms with Gasteiger partial charge in [-0.1, -0.05) is 24.3 Å². The van der Waals surface area contributed by atoms with Crippen LogP contribution in [-0.4, -0.2) is 44.9 Å². The summed E-state index contributed by atoms with van der Waals surface area (Å²) in [7, 11) is 0. The number of fused-ring (bicyclic) bond motifs is 2. The molecule has 1 saturated heterocycles. The molecule has 0 bridgehead atoms.